The fourth-order valence-electron chi connectivity index (χ4n) is 5.53. The molecule has 0 aromatic heterocycles. The molecule has 0 amide bonds. The number of hydrogen-bond donors (Lipinski definition) is 1. The Morgan fingerprint density at radius 1 is 0.559 bits per heavy atom. The zero-order valence-electron chi connectivity index (χ0n) is 24.1. The van der Waals surface area contributed by atoms with Gasteiger partial charge in [-0.15, -0.1) is 0 Å². The summed E-state index contributed by atoms with van der Waals surface area (Å²) in [7, 11) is 0. The molecular weight excluding hydrogens is 416 g/mol. The number of hydrogen-bond acceptors (Lipinski definition) is 1. The van der Waals surface area contributed by atoms with E-state index in [-0.39, 0.29) is 0 Å². The van der Waals surface area contributed by atoms with Gasteiger partial charge in [0.05, 0.1) is 5.41 Å². The lowest BCUT2D eigenvalue weighted by molar-refractivity contribution is -0.149. The highest BCUT2D eigenvalue weighted by Crippen LogP contribution is 2.36. The van der Waals surface area contributed by atoms with Crippen LogP contribution in [0.5, 0.6) is 0 Å². The second-order valence-corrected chi connectivity index (χ2v) is 11.6. The van der Waals surface area contributed by atoms with Crippen LogP contribution in [0.4, 0.5) is 0 Å². The van der Waals surface area contributed by atoms with Gasteiger partial charge in [0.2, 0.25) is 0 Å². The summed E-state index contributed by atoms with van der Waals surface area (Å²) >= 11 is 0. The molecule has 0 fully saturated rings. The van der Waals surface area contributed by atoms with E-state index in [0.717, 1.165) is 32.1 Å². The van der Waals surface area contributed by atoms with E-state index in [9.17, 15) is 9.90 Å². The molecule has 204 valence electrons. The largest absolute Gasteiger partial charge is 0.481 e. The fourth-order valence-corrected chi connectivity index (χ4v) is 5.53. The zero-order valence-corrected chi connectivity index (χ0v) is 24.1. The molecule has 0 aliphatic rings. The molecule has 0 aliphatic heterocycles. The monoisotopic (exact) mass is 480 g/mol. The Balaban J connectivity index is 4.39. The molecule has 0 rings (SSSR count). The quantitative estimate of drug-likeness (QED) is 0.119. The van der Waals surface area contributed by atoms with E-state index in [4.69, 9.17) is 0 Å². The van der Waals surface area contributed by atoms with Crippen LogP contribution in [0.15, 0.2) is 0 Å². The smallest absolute Gasteiger partial charge is 0.309 e. The molecule has 0 bridgehead atoms. The van der Waals surface area contributed by atoms with E-state index in [1.165, 1.54) is 128 Å². The standard InChI is InChI=1S/C32H64O2/c1-5-8-11-13-15-17-18-20-22-24-27-30(26-23-21-19-16-14-12-9-6-2)29-32(4,31(33)34)28-25-10-7-3/h30H,5-29H2,1-4H3,(H,33,34). The van der Waals surface area contributed by atoms with Crippen LogP contribution >= 0.6 is 0 Å². The van der Waals surface area contributed by atoms with Gasteiger partial charge in [0, 0.05) is 0 Å². The van der Waals surface area contributed by atoms with Crippen molar-refractivity contribution in [3.63, 3.8) is 0 Å². The first-order chi connectivity index (χ1) is 16.5. The lowest BCUT2D eigenvalue weighted by atomic mass is 9.74. The number of aliphatic carboxylic acids is 1. The molecule has 0 heterocycles. The molecule has 0 radical (unpaired) electrons. The summed E-state index contributed by atoms with van der Waals surface area (Å²) in [6.45, 7) is 8.80. The molecule has 2 nitrogen and oxygen atoms in total. The van der Waals surface area contributed by atoms with Gasteiger partial charge in [-0.05, 0) is 25.7 Å². The molecule has 0 saturated carbocycles. The van der Waals surface area contributed by atoms with Crippen molar-refractivity contribution in [3.8, 4) is 0 Å². The molecule has 2 unspecified atom stereocenters. The minimum atomic E-state index is -0.562. The van der Waals surface area contributed by atoms with E-state index in [1.54, 1.807) is 0 Å². The second-order valence-electron chi connectivity index (χ2n) is 11.6. The lowest BCUT2D eigenvalue weighted by Gasteiger charge is -2.30. The van der Waals surface area contributed by atoms with Crippen LogP contribution in [0.25, 0.3) is 0 Å². The highest BCUT2D eigenvalue weighted by Gasteiger charge is 2.34. The third-order valence-corrected chi connectivity index (χ3v) is 8.02. The van der Waals surface area contributed by atoms with Crippen molar-refractivity contribution in [3.05, 3.63) is 0 Å². The van der Waals surface area contributed by atoms with Gasteiger partial charge in [-0.1, -0.05) is 168 Å². The third kappa shape index (κ3) is 19.7. The van der Waals surface area contributed by atoms with Crippen LogP contribution in [0.2, 0.25) is 0 Å². The molecule has 34 heavy (non-hydrogen) atoms. The first-order valence-corrected chi connectivity index (χ1v) is 15.7. The maximum atomic E-state index is 12.2. The van der Waals surface area contributed by atoms with Gasteiger partial charge in [0.25, 0.3) is 0 Å². The molecule has 2 atom stereocenters. The molecule has 0 aromatic rings. The summed E-state index contributed by atoms with van der Waals surface area (Å²) in [6.07, 6.45) is 32.2. The molecule has 1 N–H and O–H groups in total. The Morgan fingerprint density at radius 2 is 0.882 bits per heavy atom. The van der Waals surface area contributed by atoms with E-state index >= 15 is 0 Å². The molecule has 0 saturated heterocycles. The summed E-state index contributed by atoms with van der Waals surface area (Å²) < 4.78 is 0. The van der Waals surface area contributed by atoms with E-state index in [2.05, 4.69) is 20.8 Å². The van der Waals surface area contributed by atoms with Gasteiger partial charge in [0.1, 0.15) is 0 Å². The maximum absolute atomic E-state index is 12.2. The van der Waals surface area contributed by atoms with Gasteiger partial charge in [-0.3, -0.25) is 4.79 Å². The number of unbranched alkanes of at least 4 members (excludes halogenated alkanes) is 18. The van der Waals surface area contributed by atoms with Crippen molar-refractivity contribution in [2.24, 2.45) is 11.3 Å². The van der Waals surface area contributed by atoms with Gasteiger partial charge >= 0.3 is 5.97 Å². The zero-order chi connectivity index (χ0) is 25.3. The summed E-state index contributed by atoms with van der Waals surface area (Å²) in [4.78, 5) is 12.2. The Kier molecular flexibility index (Phi) is 23.8. The normalized spacial score (nSPS) is 14.2. The first kappa shape index (κ1) is 33.5. The minimum absolute atomic E-state index is 0.529. The number of carbonyl (C=O) groups is 1. The fraction of sp³-hybridized carbons (Fsp3) is 0.969. The Bertz CT molecular complexity index is 433. The number of carboxylic acids is 1. The predicted molar refractivity (Wildman–Crippen MR) is 152 cm³/mol. The molecule has 0 spiro atoms. The number of rotatable bonds is 27. The minimum Gasteiger partial charge on any atom is -0.481 e. The molecule has 2 heteroatoms. The highest BCUT2D eigenvalue weighted by atomic mass is 16.4. The Labute approximate surface area is 215 Å². The van der Waals surface area contributed by atoms with Gasteiger partial charge in [-0.2, -0.15) is 0 Å². The van der Waals surface area contributed by atoms with Crippen molar-refractivity contribution < 1.29 is 9.90 Å². The number of carboxylic acid groups (broad SMARTS) is 1. The second kappa shape index (κ2) is 24.2. The van der Waals surface area contributed by atoms with Crippen molar-refractivity contribution in [2.75, 3.05) is 0 Å². The summed E-state index contributed by atoms with van der Waals surface area (Å²) in [6, 6.07) is 0. The van der Waals surface area contributed by atoms with Gasteiger partial charge < -0.3 is 5.11 Å². The topological polar surface area (TPSA) is 37.3 Å². The van der Waals surface area contributed by atoms with Crippen molar-refractivity contribution >= 4 is 5.97 Å². The average Bonchev–Trinajstić information content (AvgIpc) is 2.81. The Morgan fingerprint density at radius 3 is 1.24 bits per heavy atom. The van der Waals surface area contributed by atoms with Crippen molar-refractivity contribution in [1.82, 2.24) is 0 Å². The van der Waals surface area contributed by atoms with E-state index in [1.807, 2.05) is 6.92 Å². The van der Waals surface area contributed by atoms with Crippen LogP contribution in [0.1, 0.15) is 188 Å². The average molecular weight is 481 g/mol. The van der Waals surface area contributed by atoms with Crippen LogP contribution in [0, 0.1) is 11.3 Å². The van der Waals surface area contributed by atoms with Gasteiger partial charge in [-0.25, -0.2) is 0 Å². The summed E-state index contributed by atoms with van der Waals surface area (Å²) in [5.74, 6) is 0.0319. The van der Waals surface area contributed by atoms with Gasteiger partial charge in [0.15, 0.2) is 0 Å². The van der Waals surface area contributed by atoms with Crippen LogP contribution in [-0.4, -0.2) is 11.1 Å². The molecule has 0 aromatic carbocycles. The summed E-state index contributed by atoms with van der Waals surface area (Å²) in [5, 5.41) is 10.0. The first-order valence-electron chi connectivity index (χ1n) is 15.7. The summed E-state index contributed by atoms with van der Waals surface area (Å²) in [5.41, 5.74) is -0.529. The van der Waals surface area contributed by atoms with Crippen LogP contribution < -0.4 is 0 Å². The molecule has 0 aliphatic carbocycles. The van der Waals surface area contributed by atoms with E-state index in [0.29, 0.717) is 5.92 Å². The lowest BCUT2D eigenvalue weighted by Crippen LogP contribution is -2.30. The van der Waals surface area contributed by atoms with Crippen molar-refractivity contribution in [1.29, 1.82) is 0 Å². The van der Waals surface area contributed by atoms with Crippen LogP contribution in [0.3, 0.4) is 0 Å². The Hall–Kier alpha value is -0.530. The SMILES string of the molecule is CCCCCCCCCCCCC(CCCCCCCCCC)CC(C)(CCCCC)C(=O)O. The van der Waals surface area contributed by atoms with Crippen molar-refractivity contribution in [2.45, 2.75) is 188 Å². The highest BCUT2D eigenvalue weighted by molar-refractivity contribution is 5.74. The van der Waals surface area contributed by atoms with E-state index < -0.39 is 11.4 Å². The predicted octanol–water partition coefficient (Wildman–Crippen LogP) is 11.5. The molecular formula is C32H64O2. The third-order valence-electron chi connectivity index (χ3n) is 8.02. The maximum Gasteiger partial charge on any atom is 0.309 e. The van der Waals surface area contributed by atoms with Crippen LogP contribution in [-0.2, 0) is 4.79 Å².